The summed E-state index contributed by atoms with van der Waals surface area (Å²) in [6, 6.07) is 5.02. The van der Waals surface area contributed by atoms with Crippen LogP contribution < -0.4 is 10.1 Å². The Bertz CT molecular complexity index is 879. The molecule has 2 atom stereocenters. The van der Waals surface area contributed by atoms with Crippen LogP contribution in [0.3, 0.4) is 0 Å². The largest absolute Gasteiger partial charge is 0.573 e. The third-order valence-electron chi connectivity index (χ3n) is 6.25. The summed E-state index contributed by atoms with van der Waals surface area (Å²) >= 11 is 0. The number of carboxylic acid groups (broad SMARTS) is 1. The van der Waals surface area contributed by atoms with Crippen molar-refractivity contribution in [1.82, 2.24) is 10.2 Å². The van der Waals surface area contributed by atoms with Crippen LogP contribution in [0.5, 0.6) is 5.75 Å². The fourth-order valence-corrected chi connectivity index (χ4v) is 4.39. The molecule has 6 nitrogen and oxygen atoms in total. The van der Waals surface area contributed by atoms with Crippen molar-refractivity contribution >= 4 is 17.4 Å². The van der Waals surface area contributed by atoms with Gasteiger partial charge in [-0.25, -0.2) is 0 Å². The summed E-state index contributed by atoms with van der Waals surface area (Å²) in [5.74, 6) is -2.22. The van der Waals surface area contributed by atoms with Crippen molar-refractivity contribution in [2.75, 3.05) is 19.6 Å². The summed E-state index contributed by atoms with van der Waals surface area (Å²) in [4.78, 5) is 26.3. The molecule has 2 heterocycles. The van der Waals surface area contributed by atoms with Crippen molar-refractivity contribution in [3.8, 4) is 5.75 Å². The van der Waals surface area contributed by atoms with Gasteiger partial charge in [0.2, 0.25) is 5.91 Å². The molecular weight excluding hydrogens is 401 g/mol. The average molecular weight is 424 g/mol. The fraction of sp³-hybridized carbons (Fsp3) is 0.524. The maximum atomic E-state index is 13.0. The van der Waals surface area contributed by atoms with Crippen molar-refractivity contribution in [3.05, 3.63) is 35.9 Å². The SMILES string of the molecule is O=C(O)C1CC2(CC2)CNC1C(=O)N1CC=C(c2cccc(OC(F)(F)F)c2)CC1. The third-order valence-corrected chi connectivity index (χ3v) is 6.25. The lowest BCUT2D eigenvalue weighted by molar-refractivity contribution is -0.274. The molecule has 1 aromatic rings. The standard InChI is InChI=1S/C21H23F3N2O4/c22-21(23,24)30-15-3-1-2-14(10-15)13-4-8-26(9-5-13)18(27)17-16(19(28)29)11-20(6-7-20)12-25-17/h1-4,10,16-17,25H,5-9,11-12H2,(H,28,29). The van der Waals surface area contributed by atoms with Gasteiger partial charge in [0, 0.05) is 19.6 Å². The number of hydrogen-bond donors (Lipinski definition) is 2. The van der Waals surface area contributed by atoms with Gasteiger partial charge in [0.1, 0.15) is 11.8 Å². The van der Waals surface area contributed by atoms with Gasteiger partial charge in [0.05, 0.1) is 5.92 Å². The van der Waals surface area contributed by atoms with E-state index in [1.807, 2.05) is 0 Å². The highest BCUT2D eigenvalue weighted by atomic mass is 19.4. The molecule has 0 radical (unpaired) electrons. The number of ether oxygens (including phenoxy) is 1. The van der Waals surface area contributed by atoms with E-state index >= 15 is 0 Å². The highest BCUT2D eigenvalue weighted by molar-refractivity contribution is 5.88. The van der Waals surface area contributed by atoms with Crippen LogP contribution >= 0.6 is 0 Å². The first-order chi connectivity index (χ1) is 14.2. The molecule has 2 unspecified atom stereocenters. The van der Waals surface area contributed by atoms with Crippen molar-refractivity contribution < 1.29 is 32.6 Å². The van der Waals surface area contributed by atoms with Gasteiger partial charge < -0.3 is 20.1 Å². The summed E-state index contributed by atoms with van der Waals surface area (Å²) in [7, 11) is 0. The maximum absolute atomic E-state index is 13.0. The fourth-order valence-electron chi connectivity index (χ4n) is 4.39. The van der Waals surface area contributed by atoms with Crippen LogP contribution in [-0.4, -0.2) is 53.9 Å². The predicted octanol–water partition coefficient (Wildman–Crippen LogP) is 3.04. The van der Waals surface area contributed by atoms with Gasteiger partial charge in [-0.3, -0.25) is 9.59 Å². The zero-order valence-electron chi connectivity index (χ0n) is 16.2. The number of aliphatic carboxylic acids is 1. The molecule has 1 saturated heterocycles. The smallest absolute Gasteiger partial charge is 0.481 e. The number of nitrogens with zero attached hydrogens (tertiary/aromatic N) is 1. The van der Waals surface area contributed by atoms with Gasteiger partial charge in [0.15, 0.2) is 0 Å². The number of alkyl halides is 3. The Hall–Kier alpha value is -2.55. The predicted molar refractivity (Wildman–Crippen MR) is 101 cm³/mol. The number of rotatable bonds is 4. The van der Waals surface area contributed by atoms with Crippen molar-refractivity contribution in [1.29, 1.82) is 0 Å². The first kappa shape index (κ1) is 20.7. The number of benzene rings is 1. The molecular formula is C21H23F3N2O4. The zero-order chi connectivity index (χ0) is 21.5. The van der Waals surface area contributed by atoms with E-state index in [-0.39, 0.29) is 23.6 Å². The number of nitrogens with one attached hydrogen (secondary N) is 1. The Morgan fingerprint density at radius 2 is 2.03 bits per heavy atom. The van der Waals surface area contributed by atoms with Crippen LogP contribution in [0.4, 0.5) is 13.2 Å². The van der Waals surface area contributed by atoms with Crippen LogP contribution in [0.15, 0.2) is 30.3 Å². The number of piperidine rings is 1. The molecule has 2 aliphatic heterocycles. The van der Waals surface area contributed by atoms with E-state index in [0.29, 0.717) is 31.5 Å². The Kier molecular flexibility index (Phi) is 5.25. The van der Waals surface area contributed by atoms with E-state index in [9.17, 15) is 27.9 Å². The number of carbonyl (C=O) groups is 2. The minimum atomic E-state index is -4.75. The van der Waals surface area contributed by atoms with Gasteiger partial charge >= 0.3 is 12.3 Å². The highest BCUT2D eigenvalue weighted by Gasteiger charge is 2.52. The molecule has 30 heavy (non-hydrogen) atoms. The molecule has 1 saturated carbocycles. The molecule has 0 bridgehead atoms. The molecule has 3 aliphatic rings. The summed E-state index contributed by atoms with van der Waals surface area (Å²) in [5, 5.41) is 12.8. The summed E-state index contributed by atoms with van der Waals surface area (Å²) < 4.78 is 41.3. The molecule has 4 rings (SSSR count). The van der Waals surface area contributed by atoms with Gasteiger partial charge in [-0.05, 0) is 54.4 Å². The third kappa shape index (κ3) is 4.45. The minimum absolute atomic E-state index is 0.0400. The second-order valence-electron chi connectivity index (χ2n) is 8.35. The first-order valence-corrected chi connectivity index (χ1v) is 9.96. The lowest BCUT2D eigenvalue weighted by atomic mass is 9.81. The minimum Gasteiger partial charge on any atom is -0.481 e. The number of hydrogen-bond acceptors (Lipinski definition) is 4. The number of amides is 1. The molecule has 9 heteroatoms. The maximum Gasteiger partial charge on any atom is 0.573 e. The zero-order valence-corrected chi connectivity index (χ0v) is 16.2. The van der Waals surface area contributed by atoms with Crippen molar-refractivity contribution in [2.24, 2.45) is 11.3 Å². The molecule has 2 N–H and O–H groups in total. The van der Waals surface area contributed by atoms with Crippen LogP contribution in [0.1, 0.15) is 31.2 Å². The van der Waals surface area contributed by atoms with Gasteiger partial charge in [0.25, 0.3) is 0 Å². The summed E-state index contributed by atoms with van der Waals surface area (Å²) in [5.41, 5.74) is 1.48. The van der Waals surface area contributed by atoms with Gasteiger partial charge in [-0.15, -0.1) is 13.2 Å². The summed E-state index contributed by atoms with van der Waals surface area (Å²) in [6.45, 7) is 1.33. The monoisotopic (exact) mass is 424 g/mol. The van der Waals surface area contributed by atoms with Crippen LogP contribution in [0, 0.1) is 11.3 Å². The molecule has 1 aromatic carbocycles. The van der Waals surface area contributed by atoms with Crippen molar-refractivity contribution in [2.45, 2.75) is 38.1 Å². The topological polar surface area (TPSA) is 78.9 Å². The van der Waals surface area contributed by atoms with E-state index in [2.05, 4.69) is 10.1 Å². The van der Waals surface area contributed by atoms with Crippen LogP contribution in [-0.2, 0) is 9.59 Å². The Labute approximate surface area is 171 Å². The molecule has 1 aliphatic carbocycles. The van der Waals surface area contributed by atoms with Crippen LogP contribution in [0.2, 0.25) is 0 Å². The quantitative estimate of drug-likeness (QED) is 0.777. The average Bonchev–Trinajstić information content (AvgIpc) is 3.45. The van der Waals surface area contributed by atoms with E-state index in [1.54, 1.807) is 17.0 Å². The second-order valence-corrected chi connectivity index (χ2v) is 8.35. The van der Waals surface area contributed by atoms with E-state index < -0.39 is 24.3 Å². The molecule has 162 valence electrons. The van der Waals surface area contributed by atoms with E-state index in [4.69, 9.17) is 0 Å². The molecule has 0 aromatic heterocycles. The number of carbonyl (C=O) groups excluding carboxylic acids is 1. The lowest BCUT2D eigenvalue weighted by Gasteiger charge is -2.38. The summed E-state index contributed by atoms with van der Waals surface area (Å²) in [6.07, 6.45) is 0.0299. The molecule has 1 amide bonds. The second kappa shape index (κ2) is 7.61. The Morgan fingerprint density at radius 3 is 2.63 bits per heavy atom. The molecule has 2 fully saturated rings. The first-order valence-electron chi connectivity index (χ1n) is 9.96. The normalized spacial score (nSPS) is 25.6. The van der Waals surface area contributed by atoms with Gasteiger partial charge in [-0.2, -0.15) is 0 Å². The van der Waals surface area contributed by atoms with E-state index in [0.717, 1.165) is 18.4 Å². The van der Waals surface area contributed by atoms with E-state index in [1.165, 1.54) is 18.2 Å². The number of halogens is 3. The van der Waals surface area contributed by atoms with Crippen molar-refractivity contribution in [3.63, 3.8) is 0 Å². The number of carboxylic acids is 1. The van der Waals surface area contributed by atoms with Crippen LogP contribution in [0.25, 0.3) is 5.57 Å². The Morgan fingerprint density at radius 1 is 1.27 bits per heavy atom. The molecule has 1 spiro atoms. The lowest BCUT2D eigenvalue weighted by Crippen LogP contribution is -2.57. The highest BCUT2D eigenvalue weighted by Crippen LogP contribution is 2.52. The Balaban J connectivity index is 1.42. The van der Waals surface area contributed by atoms with Gasteiger partial charge in [-0.1, -0.05) is 18.2 Å².